The molecule has 0 amide bonds. The summed E-state index contributed by atoms with van der Waals surface area (Å²) in [5, 5.41) is 1.80. The highest BCUT2D eigenvalue weighted by Gasteiger charge is 2.23. The summed E-state index contributed by atoms with van der Waals surface area (Å²) in [6.07, 6.45) is 4.27. The molecule has 0 spiro atoms. The maximum atomic E-state index is 6.23. The van der Waals surface area contributed by atoms with Crippen molar-refractivity contribution in [1.82, 2.24) is 9.88 Å². The van der Waals surface area contributed by atoms with E-state index in [2.05, 4.69) is 16.0 Å². The van der Waals surface area contributed by atoms with Gasteiger partial charge < -0.3 is 5.73 Å². The van der Waals surface area contributed by atoms with Crippen LogP contribution >= 0.6 is 36.4 Å². The summed E-state index contributed by atoms with van der Waals surface area (Å²) in [5.74, 6) is 0. The van der Waals surface area contributed by atoms with Gasteiger partial charge >= 0.3 is 0 Å². The monoisotopic (exact) mass is 347 g/mol. The molecule has 21 heavy (non-hydrogen) atoms. The smallest absolute Gasteiger partial charge is 0.0761 e. The molecule has 1 aromatic heterocycles. The fourth-order valence-electron chi connectivity index (χ4n) is 2.91. The summed E-state index contributed by atoms with van der Waals surface area (Å²) in [6.45, 7) is 2.77. The molecule has 1 atom stereocenters. The van der Waals surface area contributed by atoms with Gasteiger partial charge in [-0.3, -0.25) is 9.88 Å². The molecule has 0 saturated carbocycles. The second-order valence-electron chi connectivity index (χ2n) is 5.11. The van der Waals surface area contributed by atoms with Crippen LogP contribution in [-0.4, -0.2) is 29.0 Å². The summed E-state index contributed by atoms with van der Waals surface area (Å²) >= 11 is 6.23. The molecule has 6 heteroatoms. The van der Waals surface area contributed by atoms with Crippen LogP contribution in [0.1, 0.15) is 18.4 Å². The predicted octanol–water partition coefficient (Wildman–Crippen LogP) is 3.65. The Balaban J connectivity index is 0.00000110. The molecule has 1 aromatic carbocycles. The minimum absolute atomic E-state index is 0. The minimum Gasteiger partial charge on any atom is -0.329 e. The Labute approximate surface area is 142 Å². The van der Waals surface area contributed by atoms with Crippen molar-refractivity contribution in [3.63, 3.8) is 0 Å². The van der Waals surface area contributed by atoms with Crippen molar-refractivity contribution in [2.45, 2.75) is 25.4 Å². The highest BCUT2D eigenvalue weighted by molar-refractivity contribution is 6.35. The van der Waals surface area contributed by atoms with Gasteiger partial charge in [-0.05, 0) is 43.1 Å². The molecular formula is C15H20Cl3N3. The van der Waals surface area contributed by atoms with Crippen LogP contribution in [0.3, 0.4) is 0 Å². The number of aromatic nitrogens is 1. The highest BCUT2D eigenvalue weighted by atomic mass is 35.5. The van der Waals surface area contributed by atoms with E-state index in [1.807, 2.05) is 24.4 Å². The number of nitrogens with two attached hydrogens (primary N) is 1. The topological polar surface area (TPSA) is 42.1 Å². The van der Waals surface area contributed by atoms with E-state index in [1.165, 1.54) is 18.4 Å². The van der Waals surface area contributed by atoms with Crippen molar-refractivity contribution < 1.29 is 0 Å². The van der Waals surface area contributed by atoms with E-state index in [4.69, 9.17) is 17.3 Å². The number of fused-ring (bicyclic) bond motifs is 1. The number of likely N-dealkylation sites (tertiary alicyclic amines) is 1. The van der Waals surface area contributed by atoms with Crippen LogP contribution in [0.2, 0.25) is 5.02 Å². The SMILES string of the molecule is Cl.Cl.NCC1CCCN1Cc1ccc(Cl)c2cccnc12. The third-order valence-electron chi connectivity index (χ3n) is 3.94. The lowest BCUT2D eigenvalue weighted by atomic mass is 10.1. The normalized spacial score (nSPS) is 18.3. The molecule has 116 valence electrons. The predicted molar refractivity (Wildman–Crippen MR) is 93.7 cm³/mol. The first kappa shape index (κ1) is 18.5. The van der Waals surface area contributed by atoms with E-state index in [9.17, 15) is 0 Å². The van der Waals surface area contributed by atoms with Gasteiger partial charge in [0.05, 0.1) is 5.52 Å². The third kappa shape index (κ3) is 3.79. The molecule has 0 aliphatic carbocycles. The quantitative estimate of drug-likeness (QED) is 0.920. The van der Waals surface area contributed by atoms with Crippen molar-refractivity contribution in [3.05, 3.63) is 41.0 Å². The summed E-state index contributed by atoms with van der Waals surface area (Å²) in [4.78, 5) is 6.95. The Bertz CT molecular complexity index is 591. The molecule has 1 aliphatic rings. The Kier molecular flexibility index (Phi) is 7.17. The number of halogens is 3. The van der Waals surface area contributed by atoms with Gasteiger partial charge in [0.1, 0.15) is 0 Å². The van der Waals surface area contributed by atoms with E-state index in [0.29, 0.717) is 6.04 Å². The fourth-order valence-corrected chi connectivity index (χ4v) is 3.13. The first-order valence-electron chi connectivity index (χ1n) is 6.76. The summed E-state index contributed by atoms with van der Waals surface area (Å²) in [5.41, 5.74) is 8.08. The van der Waals surface area contributed by atoms with Gasteiger partial charge in [-0.15, -0.1) is 24.8 Å². The molecular weight excluding hydrogens is 329 g/mol. The Morgan fingerprint density at radius 1 is 1.29 bits per heavy atom. The number of benzene rings is 1. The number of rotatable bonds is 3. The molecule has 1 aliphatic heterocycles. The standard InChI is InChI=1S/C15H18ClN3.2ClH/c16-14-6-5-11(15-13(14)4-1-7-18-15)10-19-8-2-3-12(19)9-17;;/h1,4-7,12H,2-3,8-10,17H2;2*1H. The summed E-state index contributed by atoms with van der Waals surface area (Å²) in [7, 11) is 0. The van der Waals surface area contributed by atoms with E-state index in [-0.39, 0.29) is 24.8 Å². The molecule has 2 heterocycles. The first-order valence-corrected chi connectivity index (χ1v) is 7.13. The number of hydrogen-bond acceptors (Lipinski definition) is 3. The van der Waals surface area contributed by atoms with Gasteiger partial charge in [0, 0.05) is 35.7 Å². The zero-order valence-corrected chi connectivity index (χ0v) is 14.1. The number of nitrogens with zero attached hydrogens (tertiary/aromatic N) is 2. The van der Waals surface area contributed by atoms with Crippen LogP contribution in [0.4, 0.5) is 0 Å². The second-order valence-corrected chi connectivity index (χ2v) is 5.52. The minimum atomic E-state index is 0. The molecule has 1 saturated heterocycles. The van der Waals surface area contributed by atoms with Crippen molar-refractivity contribution in [2.75, 3.05) is 13.1 Å². The molecule has 0 bridgehead atoms. The molecule has 0 radical (unpaired) electrons. The van der Waals surface area contributed by atoms with E-state index >= 15 is 0 Å². The Morgan fingerprint density at radius 2 is 2.10 bits per heavy atom. The van der Waals surface area contributed by atoms with Gasteiger partial charge in [0.25, 0.3) is 0 Å². The molecule has 2 aromatic rings. The van der Waals surface area contributed by atoms with Gasteiger partial charge in [-0.1, -0.05) is 17.7 Å². The maximum absolute atomic E-state index is 6.23. The molecule has 3 rings (SSSR count). The lowest BCUT2D eigenvalue weighted by Gasteiger charge is -2.23. The van der Waals surface area contributed by atoms with Crippen molar-refractivity contribution in [1.29, 1.82) is 0 Å². The number of pyridine rings is 1. The second kappa shape index (κ2) is 8.16. The average molecular weight is 349 g/mol. The van der Waals surface area contributed by atoms with Crippen molar-refractivity contribution in [3.8, 4) is 0 Å². The zero-order valence-electron chi connectivity index (χ0n) is 11.7. The third-order valence-corrected chi connectivity index (χ3v) is 4.27. The van der Waals surface area contributed by atoms with E-state index < -0.39 is 0 Å². The molecule has 3 nitrogen and oxygen atoms in total. The van der Waals surface area contributed by atoms with Gasteiger partial charge in [0.2, 0.25) is 0 Å². The van der Waals surface area contributed by atoms with Gasteiger partial charge in [-0.2, -0.15) is 0 Å². The van der Waals surface area contributed by atoms with Crippen LogP contribution in [0.5, 0.6) is 0 Å². The molecule has 1 fully saturated rings. The van der Waals surface area contributed by atoms with Crippen LogP contribution < -0.4 is 5.73 Å². The Hall–Kier alpha value is -0.580. The highest BCUT2D eigenvalue weighted by Crippen LogP contribution is 2.27. The number of hydrogen-bond donors (Lipinski definition) is 1. The maximum Gasteiger partial charge on any atom is 0.0761 e. The van der Waals surface area contributed by atoms with Crippen LogP contribution in [0.25, 0.3) is 10.9 Å². The molecule has 1 unspecified atom stereocenters. The zero-order chi connectivity index (χ0) is 13.2. The van der Waals surface area contributed by atoms with E-state index in [1.54, 1.807) is 0 Å². The Morgan fingerprint density at radius 3 is 2.86 bits per heavy atom. The average Bonchev–Trinajstić information content (AvgIpc) is 2.89. The van der Waals surface area contributed by atoms with Gasteiger partial charge in [-0.25, -0.2) is 0 Å². The lowest BCUT2D eigenvalue weighted by Crippen LogP contribution is -2.34. The summed E-state index contributed by atoms with van der Waals surface area (Å²) in [6, 6.07) is 8.52. The van der Waals surface area contributed by atoms with Crippen LogP contribution in [0, 0.1) is 0 Å². The first-order chi connectivity index (χ1) is 9.29. The van der Waals surface area contributed by atoms with Gasteiger partial charge in [0.15, 0.2) is 0 Å². The fraction of sp³-hybridized carbons (Fsp3) is 0.400. The van der Waals surface area contributed by atoms with Crippen molar-refractivity contribution in [2.24, 2.45) is 5.73 Å². The lowest BCUT2D eigenvalue weighted by molar-refractivity contribution is 0.251. The summed E-state index contributed by atoms with van der Waals surface area (Å²) < 4.78 is 0. The molecule has 2 N–H and O–H groups in total. The van der Waals surface area contributed by atoms with Crippen LogP contribution in [0.15, 0.2) is 30.5 Å². The largest absolute Gasteiger partial charge is 0.329 e. The van der Waals surface area contributed by atoms with E-state index in [0.717, 1.165) is 35.6 Å². The van der Waals surface area contributed by atoms with Crippen LogP contribution in [-0.2, 0) is 6.54 Å². The van der Waals surface area contributed by atoms with Crippen molar-refractivity contribution >= 4 is 47.3 Å².